The quantitative estimate of drug-likeness (QED) is 0.678. The smallest absolute Gasteiger partial charge is 0.254 e. The molecule has 0 aliphatic carbocycles. The van der Waals surface area contributed by atoms with Gasteiger partial charge in [0.1, 0.15) is 18.1 Å². The summed E-state index contributed by atoms with van der Waals surface area (Å²) in [6, 6.07) is 8.89. The molecule has 1 aliphatic rings. The molecule has 1 saturated heterocycles. The minimum absolute atomic E-state index is 0.0136. The molecule has 29 heavy (non-hydrogen) atoms. The van der Waals surface area contributed by atoms with Crippen molar-refractivity contribution in [2.24, 2.45) is 0 Å². The second kappa shape index (κ2) is 9.69. The van der Waals surface area contributed by atoms with Crippen molar-refractivity contribution in [2.45, 2.75) is 45.4 Å². The van der Waals surface area contributed by atoms with Crippen LogP contribution in [0.3, 0.4) is 0 Å². The highest BCUT2D eigenvalue weighted by Gasteiger charge is 2.28. The molecule has 1 aromatic heterocycles. The third-order valence-corrected chi connectivity index (χ3v) is 4.99. The molecule has 0 N–H and O–H groups in total. The molecule has 2 aromatic rings. The van der Waals surface area contributed by atoms with Gasteiger partial charge in [-0.25, -0.2) is 4.39 Å². The zero-order chi connectivity index (χ0) is 20.8. The fourth-order valence-electron chi connectivity index (χ4n) is 3.40. The fourth-order valence-corrected chi connectivity index (χ4v) is 3.40. The maximum atomic E-state index is 13.6. The minimum atomic E-state index is -0.483. The van der Waals surface area contributed by atoms with Gasteiger partial charge in [0.15, 0.2) is 0 Å². The van der Waals surface area contributed by atoms with Crippen LogP contribution >= 0.6 is 0 Å². The molecule has 1 aromatic carbocycles. The van der Waals surface area contributed by atoms with Gasteiger partial charge in [-0.3, -0.25) is 9.59 Å². The van der Waals surface area contributed by atoms with Gasteiger partial charge in [-0.05, 0) is 57.0 Å². The van der Waals surface area contributed by atoms with Crippen LogP contribution in [0.4, 0.5) is 4.39 Å². The third kappa shape index (κ3) is 5.67. The monoisotopic (exact) mass is 402 g/mol. The molecule has 0 radical (unpaired) electrons. The molecule has 156 valence electrons. The maximum Gasteiger partial charge on any atom is 0.254 e. The number of ether oxygens (including phenoxy) is 1. The van der Waals surface area contributed by atoms with Crippen molar-refractivity contribution in [3.63, 3.8) is 0 Å². The van der Waals surface area contributed by atoms with Gasteiger partial charge in [-0.2, -0.15) is 0 Å². The number of amides is 2. The molecular weight excluding hydrogens is 375 g/mol. The summed E-state index contributed by atoms with van der Waals surface area (Å²) >= 11 is 0. The Labute approximate surface area is 170 Å². The largest absolute Gasteiger partial charge is 0.467 e. The summed E-state index contributed by atoms with van der Waals surface area (Å²) in [7, 11) is 0. The van der Waals surface area contributed by atoms with Crippen LogP contribution in [0, 0.1) is 5.82 Å². The van der Waals surface area contributed by atoms with Gasteiger partial charge >= 0.3 is 0 Å². The lowest BCUT2D eigenvalue weighted by Gasteiger charge is -2.31. The first kappa shape index (κ1) is 21.0. The molecule has 1 aliphatic heterocycles. The van der Waals surface area contributed by atoms with Crippen molar-refractivity contribution in [1.82, 2.24) is 9.80 Å². The first-order chi connectivity index (χ1) is 13.9. The zero-order valence-electron chi connectivity index (χ0n) is 16.8. The van der Waals surface area contributed by atoms with Gasteiger partial charge in [0.25, 0.3) is 5.91 Å². The number of benzene rings is 1. The molecule has 0 unspecified atom stereocenters. The predicted octanol–water partition coefficient (Wildman–Crippen LogP) is 3.48. The number of hydrogen-bond acceptors (Lipinski definition) is 4. The van der Waals surface area contributed by atoms with Crippen molar-refractivity contribution in [2.75, 3.05) is 19.7 Å². The Morgan fingerprint density at radius 2 is 2.07 bits per heavy atom. The summed E-state index contributed by atoms with van der Waals surface area (Å²) in [5.74, 6) is -0.383. The Balaban J connectivity index is 1.74. The Bertz CT molecular complexity index is 816. The van der Waals surface area contributed by atoms with Crippen molar-refractivity contribution < 1.29 is 23.1 Å². The van der Waals surface area contributed by atoms with E-state index in [9.17, 15) is 14.0 Å². The molecule has 2 heterocycles. The van der Waals surface area contributed by atoms with Gasteiger partial charge in [0.2, 0.25) is 5.91 Å². The van der Waals surface area contributed by atoms with Crippen LogP contribution in [0.2, 0.25) is 0 Å². The van der Waals surface area contributed by atoms with E-state index in [1.165, 1.54) is 23.1 Å². The number of hydrogen-bond donors (Lipinski definition) is 0. The Morgan fingerprint density at radius 1 is 1.24 bits per heavy atom. The average Bonchev–Trinajstić information content (AvgIpc) is 3.39. The number of nitrogens with zero attached hydrogens (tertiary/aromatic N) is 2. The van der Waals surface area contributed by atoms with E-state index >= 15 is 0 Å². The first-order valence-corrected chi connectivity index (χ1v) is 9.92. The number of furan rings is 1. The van der Waals surface area contributed by atoms with Crippen LogP contribution in [0.25, 0.3) is 0 Å². The molecule has 0 bridgehead atoms. The van der Waals surface area contributed by atoms with Gasteiger partial charge in [0.05, 0.1) is 18.9 Å². The Hall–Kier alpha value is -2.67. The van der Waals surface area contributed by atoms with E-state index in [-0.39, 0.29) is 36.1 Å². The molecule has 0 saturated carbocycles. The van der Waals surface area contributed by atoms with E-state index in [4.69, 9.17) is 9.15 Å². The van der Waals surface area contributed by atoms with Crippen LogP contribution in [0.15, 0.2) is 47.1 Å². The zero-order valence-corrected chi connectivity index (χ0v) is 16.8. The summed E-state index contributed by atoms with van der Waals surface area (Å²) in [4.78, 5) is 29.2. The van der Waals surface area contributed by atoms with Crippen LogP contribution < -0.4 is 0 Å². The summed E-state index contributed by atoms with van der Waals surface area (Å²) in [6.45, 7) is 5.03. The normalized spacial score (nSPS) is 16.2. The predicted molar refractivity (Wildman–Crippen MR) is 106 cm³/mol. The number of carbonyl (C=O) groups is 2. The van der Waals surface area contributed by atoms with Gasteiger partial charge in [-0.1, -0.05) is 6.07 Å². The fraction of sp³-hybridized carbons (Fsp3) is 0.455. The lowest BCUT2D eigenvalue weighted by Crippen LogP contribution is -2.47. The molecule has 6 nitrogen and oxygen atoms in total. The van der Waals surface area contributed by atoms with Gasteiger partial charge in [0, 0.05) is 24.8 Å². The Kier molecular flexibility index (Phi) is 7.04. The standard InChI is InChI=1S/C22H27FN2O4/c1-16(2)25(22(27)17-6-3-7-18(23)12-17)15-21(26)24(13-19-8-4-10-28-19)14-20-9-5-11-29-20/h3-4,6-8,10,12,16,20H,5,9,11,13-15H2,1-2H3/t20-/m0/s1. The third-order valence-electron chi connectivity index (χ3n) is 4.99. The SMILES string of the molecule is CC(C)N(CC(=O)N(Cc1ccco1)C[C@@H]1CCCO1)C(=O)c1cccc(F)c1. The molecular formula is C22H27FN2O4. The second-order valence-corrected chi connectivity index (χ2v) is 7.53. The molecule has 2 amide bonds. The topological polar surface area (TPSA) is 63.0 Å². The van der Waals surface area contributed by atoms with E-state index in [0.29, 0.717) is 25.5 Å². The molecule has 7 heteroatoms. The van der Waals surface area contributed by atoms with Crippen LogP contribution in [-0.2, 0) is 16.1 Å². The van der Waals surface area contributed by atoms with Crippen molar-refractivity contribution >= 4 is 11.8 Å². The summed E-state index contributed by atoms with van der Waals surface area (Å²) in [5.41, 5.74) is 0.225. The second-order valence-electron chi connectivity index (χ2n) is 7.53. The van der Waals surface area contributed by atoms with E-state index in [0.717, 1.165) is 12.8 Å². The molecule has 0 spiro atoms. The van der Waals surface area contributed by atoms with Crippen LogP contribution in [-0.4, -0.2) is 53.5 Å². The van der Waals surface area contributed by atoms with Gasteiger partial charge in [-0.15, -0.1) is 0 Å². The summed E-state index contributed by atoms with van der Waals surface area (Å²) in [6.07, 6.45) is 3.43. The van der Waals surface area contributed by atoms with Gasteiger partial charge < -0.3 is 19.0 Å². The van der Waals surface area contributed by atoms with E-state index < -0.39 is 5.82 Å². The maximum absolute atomic E-state index is 13.6. The molecule has 3 rings (SSSR count). The number of carbonyl (C=O) groups excluding carboxylic acids is 2. The highest BCUT2D eigenvalue weighted by Crippen LogP contribution is 2.17. The first-order valence-electron chi connectivity index (χ1n) is 9.92. The average molecular weight is 402 g/mol. The van der Waals surface area contributed by atoms with Crippen molar-refractivity contribution in [3.8, 4) is 0 Å². The summed E-state index contributed by atoms with van der Waals surface area (Å²) in [5, 5.41) is 0. The lowest BCUT2D eigenvalue weighted by molar-refractivity contribution is -0.134. The van der Waals surface area contributed by atoms with Crippen molar-refractivity contribution in [3.05, 3.63) is 59.8 Å². The molecule has 1 atom stereocenters. The highest BCUT2D eigenvalue weighted by molar-refractivity contribution is 5.96. The van der Waals surface area contributed by atoms with E-state index in [1.54, 1.807) is 23.3 Å². The van der Waals surface area contributed by atoms with Crippen LogP contribution in [0.1, 0.15) is 42.8 Å². The van der Waals surface area contributed by atoms with E-state index in [1.807, 2.05) is 19.9 Å². The lowest BCUT2D eigenvalue weighted by atomic mass is 10.1. The highest BCUT2D eigenvalue weighted by atomic mass is 19.1. The van der Waals surface area contributed by atoms with Crippen LogP contribution in [0.5, 0.6) is 0 Å². The van der Waals surface area contributed by atoms with Crippen molar-refractivity contribution in [1.29, 1.82) is 0 Å². The molecule has 1 fully saturated rings. The number of rotatable bonds is 8. The summed E-state index contributed by atoms with van der Waals surface area (Å²) < 4.78 is 24.6. The minimum Gasteiger partial charge on any atom is -0.467 e. The van der Waals surface area contributed by atoms with E-state index in [2.05, 4.69) is 0 Å². The Morgan fingerprint density at radius 3 is 2.69 bits per heavy atom. The number of halogens is 1.